The summed E-state index contributed by atoms with van der Waals surface area (Å²) in [5, 5.41) is 0. The van der Waals surface area contributed by atoms with Crippen LogP contribution in [0.15, 0.2) is 0 Å². The summed E-state index contributed by atoms with van der Waals surface area (Å²) in [5.41, 5.74) is 0. The molecule has 0 aliphatic carbocycles. The van der Waals surface area contributed by atoms with Crippen LogP contribution in [0, 0.1) is 5.92 Å². The van der Waals surface area contributed by atoms with E-state index in [1.807, 2.05) is 0 Å². The summed E-state index contributed by atoms with van der Waals surface area (Å²) in [6.45, 7) is 6.96. The Labute approximate surface area is 206 Å². The summed E-state index contributed by atoms with van der Waals surface area (Å²) in [6, 6.07) is 0. The molecule has 7 heteroatoms. The number of rotatable bonds is 26. The van der Waals surface area contributed by atoms with Crippen molar-refractivity contribution in [2.75, 3.05) is 47.1 Å². The molecule has 0 aromatic rings. The third-order valence-corrected chi connectivity index (χ3v) is 6.54. The smallest absolute Gasteiger partial charge is 0.329 e. The largest absolute Gasteiger partial charge is 0.381 e. The molecule has 2 unspecified atom stereocenters. The molecule has 198 valence electrons. The lowest BCUT2D eigenvalue weighted by Crippen LogP contribution is -3.05. The van der Waals surface area contributed by atoms with Gasteiger partial charge in [-0.1, -0.05) is 77.6 Å². The first-order valence-corrected chi connectivity index (χ1v) is 14.7. The van der Waals surface area contributed by atoms with E-state index in [9.17, 15) is 9.69 Å². The van der Waals surface area contributed by atoms with Crippen LogP contribution in [0.25, 0.3) is 0 Å². The monoisotopic (exact) mass is 492 g/mol. The number of quaternary nitrogens is 1. The van der Waals surface area contributed by atoms with E-state index in [0.29, 0.717) is 26.2 Å². The maximum Gasteiger partial charge on any atom is 0.329 e. The Bertz CT molecular complexity index is 425. The molecular weight excluding hydrogens is 437 g/mol. The highest BCUT2D eigenvalue weighted by Crippen LogP contribution is 2.33. The summed E-state index contributed by atoms with van der Waals surface area (Å²) in [6.07, 6.45) is 18.3. The molecule has 2 atom stereocenters. The average Bonchev–Trinajstić information content (AvgIpc) is 2.76. The minimum Gasteiger partial charge on any atom is -0.381 e. The fraction of sp³-hybridized carbons (Fsp3) is 0.962. The van der Waals surface area contributed by atoms with Crippen LogP contribution in [0.1, 0.15) is 110 Å². The van der Waals surface area contributed by atoms with Gasteiger partial charge in [0.2, 0.25) is 0 Å². The lowest BCUT2D eigenvalue weighted by molar-refractivity contribution is -0.858. The Kier molecular flexibility index (Phi) is 24.9. The van der Waals surface area contributed by atoms with Gasteiger partial charge in [-0.15, -0.1) is 0 Å². The maximum absolute atomic E-state index is 11.5. The molecule has 0 fully saturated rings. The summed E-state index contributed by atoms with van der Waals surface area (Å²) < 4.78 is 16.6. The van der Waals surface area contributed by atoms with Crippen LogP contribution in [-0.4, -0.2) is 57.7 Å². The Morgan fingerprint density at radius 2 is 1.33 bits per heavy atom. The second kappa shape index (κ2) is 25.0. The number of unbranched alkanes of at least 4 members (excludes halogenated alkanes) is 12. The van der Waals surface area contributed by atoms with Gasteiger partial charge in [0.05, 0.1) is 40.5 Å². The lowest BCUT2D eigenvalue weighted by atomic mass is 10.1. The second-order valence-electron chi connectivity index (χ2n) is 9.77. The van der Waals surface area contributed by atoms with Crippen molar-refractivity contribution < 1.29 is 28.4 Å². The van der Waals surface area contributed by atoms with E-state index in [1.165, 1.54) is 75.5 Å². The highest BCUT2D eigenvalue weighted by atomic mass is 31.2. The van der Waals surface area contributed by atoms with Gasteiger partial charge in [0.1, 0.15) is 5.78 Å². The zero-order valence-corrected chi connectivity index (χ0v) is 23.1. The van der Waals surface area contributed by atoms with Gasteiger partial charge < -0.3 is 28.4 Å². The van der Waals surface area contributed by atoms with Gasteiger partial charge in [-0.25, -0.2) is 0 Å². The number of Topliss-reactive ketones (excluding diaryl/α,β-unsaturated/α-hetero) is 1. The SMILES string of the molecule is CCCCCCCCCCCCCCOCC(COP(O)OCCCC[NH+](C)C)CC(C)=O. The summed E-state index contributed by atoms with van der Waals surface area (Å²) in [5.74, 6) is 0.0878. The highest BCUT2D eigenvalue weighted by molar-refractivity contribution is 7.40. The Morgan fingerprint density at radius 1 is 0.788 bits per heavy atom. The number of ether oxygens (including phenoxy) is 1. The van der Waals surface area contributed by atoms with Gasteiger partial charge >= 0.3 is 8.60 Å². The topological polar surface area (TPSA) is 69.4 Å². The van der Waals surface area contributed by atoms with Crippen molar-refractivity contribution in [2.24, 2.45) is 5.92 Å². The van der Waals surface area contributed by atoms with Crippen molar-refractivity contribution in [1.29, 1.82) is 0 Å². The van der Waals surface area contributed by atoms with Gasteiger partial charge in [-0.2, -0.15) is 0 Å². The molecule has 0 radical (unpaired) electrons. The molecule has 2 N–H and O–H groups in total. The normalized spacial score (nSPS) is 13.5. The lowest BCUT2D eigenvalue weighted by Gasteiger charge is -2.18. The number of ketones is 1. The van der Waals surface area contributed by atoms with Gasteiger partial charge in [-0.05, 0) is 26.2 Å². The molecule has 33 heavy (non-hydrogen) atoms. The van der Waals surface area contributed by atoms with Crippen LogP contribution in [0.4, 0.5) is 0 Å². The molecule has 0 spiro atoms. The van der Waals surface area contributed by atoms with E-state index in [1.54, 1.807) is 6.92 Å². The van der Waals surface area contributed by atoms with Crippen molar-refractivity contribution in [3.05, 3.63) is 0 Å². The highest BCUT2D eigenvalue weighted by Gasteiger charge is 2.16. The maximum atomic E-state index is 11.5. The van der Waals surface area contributed by atoms with Crippen LogP contribution >= 0.6 is 8.60 Å². The van der Waals surface area contributed by atoms with Crippen molar-refractivity contribution in [2.45, 2.75) is 110 Å². The summed E-state index contributed by atoms with van der Waals surface area (Å²) >= 11 is 0. The number of nitrogens with one attached hydrogen (secondary N) is 1. The molecule has 0 amide bonds. The number of carbonyl (C=O) groups is 1. The van der Waals surface area contributed by atoms with Crippen molar-refractivity contribution >= 4 is 14.4 Å². The molecule has 0 aliphatic heterocycles. The van der Waals surface area contributed by atoms with E-state index in [4.69, 9.17) is 13.8 Å². The molecule has 0 aromatic carbocycles. The molecular formula is C26H55NO5P+. The van der Waals surface area contributed by atoms with E-state index in [0.717, 1.165) is 32.4 Å². The summed E-state index contributed by atoms with van der Waals surface area (Å²) in [4.78, 5) is 22.9. The first-order chi connectivity index (χ1) is 16.0. The van der Waals surface area contributed by atoms with Crippen LogP contribution in [0.2, 0.25) is 0 Å². The van der Waals surface area contributed by atoms with Gasteiger partial charge in [0.25, 0.3) is 0 Å². The molecule has 0 bridgehead atoms. The fourth-order valence-electron chi connectivity index (χ4n) is 3.80. The number of hydrogen-bond donors (Lipinski definition) is 2. The Hall–Kier alpha value is -0.100. The molecule has 6 nitrogen and oxygen atoms in total. The molecule has 0 heterocycles. The first kappa shape index (κ1) is 32.9. The van der Waals surface area contributed by atoms with E-state index >= 15 is 0 Å². The first-order valence-electron chi connectivity index (χ1n) is 13.6. The van der Waals surface area contributed by atoms with Crippen LogP contribution < -0.4 is 4.90 Å². The molecule has 0 rings (SSSR count). The van der Waals surface area contributed by atoms with Crippen LogP contribution in [-0.2, 0) is 18.6 Å². The second-order valence-corrected chi connectivity index (χ2v) is 10.8. The zero-order chi connectivity index (χ0) is 24.6. The minimum absolute atomic E-state index is 0.0297. The molecule has 0 aromatic heterocycles. The van der Waals surface area contributed by atoms with E-state index in [-0.39, 0.29) is 11.7 Å². The van der Waals surface area contributed by atoms with Crippen molar-refractivity contribution in [3.63, 3.8) is 0 Å². The Morgan fingerprint density at radius 3 is 1.88 bits per heavy atom. The molecule has 0 saturated heterocycles. The van der Waals surface area contributed by atoms with Crippen LogP contribution in [0.5, 0.6) is 0 Å². The Balaban J connectivity index is 3.66. The predicted octanol–water partition coefficient (Wildman–Crippen LogP) is 5.48. The molecule has 0 aliphatic rings. The van der Waals surface area contributed by atoms with Crippen LogP contribution in [0.3, 0.4) is 0 Å². The minimum atomic E-state index is -1.88. The van der Waals surface area contributed by atoms with Gasteiger partial charge in [0.15, 0.2) is 0 Å². The van der Waals surface area contributed by atoms with Crippen molar-refractivity contribution in [1.82, 2.24) is 0 Å². The third kappa shape index (κ3) is 26.3. The molecule has 0 saturated carbocycles. The standard InChI is InChI=1S/C26H54NO5P/c1-5-6-7-8-9-10-11-12-13-14-15-17-20-30-23-26(22-25(2)28)24-32-33(29)31-21-18-16-19-27(3)4/h26,29H,5-24H2,1-4H3/p+1. The van der Waals surface area contributed by atoms with Gasteiger partial charge in [-0.3, -0.25) is 0 Å². The zero-order valence-electron chi connectivity index (χ0n) is 22.2. The van der Waals surface area contributed by atoms with E-state index < -0.39 is 8.60 Å². The van der Waals surface area contributed by atoms with E-state index in [2.05, 4.69) is 21.0 Å². The quantitative estimate of drug-likeness (QED) is 0.124. The van der Waals surface area contributed by atoms with Gasteiger partial charge in [0, 0.05) is 18.9 Å². The summed E-state index contributed by atoms with van der Waals surface area (Å²) in [7, 11) is 2.36. The third-order valence-electron chi connectivity index (χ3n) is 5.77. The van der Waals surface area contributed by atoms with Crippen molar-refractivity contribution in [3.8, 4) is 0 Å². The number of hydrogen-bond acceptors (Lipinski definition) is 5. The predicted molar refractivity (Wildman–Crippen MR) is 139 cm³/mol. The number of carbonyl (C=O) groups excluding carboxylic acids is 1. The fourth-order valence-corrected chi connectivity index (χ4v) is 4.50. The average molecular weight is 493 g/mol.